The molecule has 2 heterocycles. The van der Waals surface area contributed by atoms with Gasteiger partial charge >= 0.3 is 0 Å². The Bertz CT molecular complexity index is 1080. The molecule has 0 amide bonds. The van der Waals surface area contributed by atoms with Gasteiger partial charge in [-0.15, -0.1) is 24.8 Å². The van der Waals surface area contributed by atoms with E-state index in [0.29, 0.717) is 0 Å². The normalized spacial score (nSPS) is 11.4. The molecule has 0 unspecified atom stereocenters. The van der Waals surface area contributed by atoms with Crippen LogP contribution in [0.3, 0.4) is 0 Å². The van der Waals surface area contributed by atoms with Gasteiger partial charge in [0.05, 0.1) is 16.7 Å². The highest BCUT2D eigenvalue weighted by Crippen LogP contribution is 2.28. The lowest BCUT2D eigenvalue weighted by molar-refractivity contribution is 0.415. The standard InChI is InChI=1S/C22H25BrN4.2ClH/c1-22(2,3)24-13-6-14-26-20(16-9-11-17(23)12-10-16)15-27-19-8-5-4-7-18(19)25-21(26)27;;/h4-5,7-12,15,24H,6,13-14H2,1-3H3;2*1H. The molecule has 29 heavy (non-hydrogen) atoms. The third kappa shape index (κ3) is 5.15. The smallest absolute Gasteiger partial charge is 0.215 e. The van der Waals surface area contributed by atoms with Gasteiger partial charge in [-0.3, -0.25) is 4.40 Å². The van der Waals surface area contributed by atoms with Gasteiger partial charge in [-0.25, -0.2) is 4.98 Å². The van der Waals surface area contributed by atoms with Crippen molar-refractivity contribution in [2.45, 2.75) is 39.3 Å². The van der Waals surface area contributed by atoms with E-state index in [1.807, 2.05) is 6.07 Å². The highest BCUT2D eigenvalue weighted by atomic mass is 79.9. The van der Waals surface area contributed by atoms with E-state index in [0.717, 1.165) is 40.8 Å². The lowest BCUT2D eigenvalue weighted by Crippen LogP contribution is -2.36. The molecule has 0 aliphatic rings. The molecule has 4 aromatic rings. The van der Waals surface area contributed by atoms with Crippen molar-refractivity contribution < 1.29 is 0 Å². The van der Waals surface area contributed by atoms with Crippen molar-refractivity contribution >= 4 is 57.6 Å². The van der Waals surface area contributed by atoms with E-state index in [1.54, 1.807) is 0 Å². The van der Waals surface area contributed by atoms with E-state index >= 15 is 0 Å². The predicted octanol–water partition coefficient (Wildman–Crippen LogP) is 6.34. The quantitative estimate of drug-likeness (QED) is 0.326. The van der Waals surface area contributed by atoms with Gasteiger partial charge in [-0.2, -0.15) is 0 Å². The van der Waals surface area contributed by atoms with Crippen LogP contribution in [0, 0.1) is 0 Å². The Morgan fingerprint density at radius 1 is 1.00 bits per heavy atom. The van der Waals surface area contributed by atoms with E-state index in [9.17, 15) is 0 Å². The number of halogens is 3. The second kappa shape index (κ2) is 9.52. The molecule has 0 atom stereocenters. The number of fused-ring (bicyclic) bond motifs is 3. The van der Waals surface area contributed by atoms with Crippen LogP contribution in [-0.4, -0.2) is 26.0 Å². The van der Waals surface area contributed by atoms with Gasteiger partial charge < -0.3 is 9.88 Å². The molecule has 2 aromatic carbocycles. The highest BCUT2D eigenvalue weighted by Gasteiger charge is 2.15. The molecule has 1 N–H and O–H groups in total. The summed E-state index contributed by atoms with van der Waals surface area (Å²) in [7, 11) is 0. The van der Waals surface area contributed by atoms with Crippen LogP contribution in [-0.2, 0) is 6.54 Å². The molecule has 0 aliphatic carbocycles. The largest absolute Gasteiger partial charge is 0.312 e. The van der Waals surface area contributed by atoms with Crippen LogP contribution in [0.25, 0.3) is 28.1 Å². The third-order valence-electron chi connectivity index (χ3n) is 4.71. The molecule has 0 bridgehead atoms. The molecule has 7 heteroatoms. The molecule has 0 fully saturated rings. The Hall–Kier alpha value is -1.53. The predicted molar refractivity (Wildman–Crippen MR) is 131 cm³/mol. The van der Waals surface area contributed by atoms with E-state index < -0.39 is 0 Å². The maximum absolute atomic E-state index is 4.90. The average Bonchev–Trinajstić information content (AvgIpc) is 3.15. The lowest BCUT2D eigenvalue weighted by Gasteiger charge is -2.20. The zero-order chi connectivity index (χ0) is 19.0. The summed E-state index contributed by atoms with van der Waals surface area (Å²) in [4.78, 5) is 4.90. The van der Waals surface area contributed by atoms with Crippen molar-refractivity contribution in [3.05, 3.63) is 59.2 Å². The van der Waals surface area contributed by atoms with E-state index in [-0.39, 0.29) is 30.4 Å². The molecular formula is C22H27BrCl2N4. The number of imidazole rings is 2. The van der Waals surface area contributed by atoms with Crippen LogP contribution in [0.2, 0.25) is 0 Å². The van der Waals surface area contributed by atoms with Crippen LogP contribution in [0.1, 0.15) is 27.2 Å². The monoisotopic (exact) mass is 496 g/mol. The van der Waals surface area contributed by atoms with Crippen LogP contribution >= 0.6 is 40.7 Å². The number of rotatable bonds is 5. The number of nitrogens with zero attached hydrogens (tertiary/aromatic N) is 3. The first kappa shape index (κ1) is 23.7. The molecule has 156 valence electrons. The maximum atomic E-state index is 4.90. The number of nitrogens with one attached hydrogen (secondary N) is 1. The van der Waals surface area contributed by atoms with Crippen LogP contribution in [0.15, 0.2) is 59.2 Å². The fourth-order valence-corrected chi connectivity index (χ4v) is 3.69. The zero-order valence-electron chi connectivity index (χ0n) is 16.9. The Balaban J connectivity index is 0.00000150. The number of hydrogen-bond donors (Lipinski definition) is 1. The molecular weight excluding hydrogens is 471 g/mol. The fourth-order valence-electron chi connectivity index (χ4n) is 3.42. The Morgan fingerprint density at radius 2 is 1.69 bits per heavy atom. The molecule has 0 spiro atoms. The minimum atomic E-state index is 0. The number of para-hydroxylation sites is 2. The van der Waals surface area contributed by atoms with Crippen molar-refractivity contribution in [3.8, 4) is 11.3 Å². The molecule has 0 aliphatic heterocycles. The maximum Gasteiger partial charge on any atom is 0.215 e. The van der Waals surface area contributed by atoms with Gasteiger partial charge in [-0.1, -0.05) is 40.2 Å². The van der Waals surface area contributed by atoms with Crippen molar-refractivity contribution in [1.29, 1.82) is 0 Å². The average molecular weight is 498 g/mol. The number of aryl methyl sites for hydroxylation is 1. The number of benzene rings is 2. The number of aromatic nitrogens is 3. The Morgan fingerprint density at radius 3 is 2.38 bits per heavy atom. The van der Waals surface area contributed by atoms with Crippen molar-refractivity contribution in [2.75, 3.05) is 6.54 Å². The number of hydrogen-bond acceptors (Lipinski definition) is 2. The fraction of sp³-hybridized carbons (Fsp3) is 0.318. The second-order valence-electron chi connectivity index (χ2n) is 7.97. The molecule has 0 saturated heterocycles. The first-order valence-electron chi connectivity index (χ1n) is 9.40. The minimum absolute atomic E-state index is 0. The van der Waals surface area contributed by atoms with Gasteiger partial charge in [0, 0.05) is 22.8 Å². The summed E-state index contributed by atoms with van der Waals surface area (Å²) < 4.78 is 5.64. The summed E-state index contributed by atoms with van der Waals surface area (Å²) in [6, 6.07) is 16.8. The summed E-state index contributed by atoms with van der Waals surface area (Å²) in [5.41, 5.74) is 4.74. The minimum Gasteiger partial charge on any atom is -0.312 e. The Kier molecular flexibility index (Phi) is 7.80. The summed E-state index contributed by atoms with van der Waals surface area (Å²) in [6.45, 7) is 8.52. The van der Waals surface area contributed by atoms with Gasteiger partial charge in [-0.05, 0) is 63.6 Å². The summed E-state index contributed by atoms with van der Waals surface area (Å²) >= 11 is 3.53. The van der Waals surface area contributed by atoms with Gasteiger partial charge in [0.15, 0.2) is 0 Å². The van der Waals surface area contributed by atoms with Crippen LogP contribution in [0.4, 0.5) is 0 Å². The van der Waals surface area contributed by atoms with Crippen molar-refractivity contribution in [1.82, 2.24) is 19.3 Å². The first-order chi connectivity index (χ1) is 12.9. The summed E-state index contributed by atoms with van der Waals surface area (Å²) in [5.74, 6) is 1.00. The Labute approximate surface area is 192 Å². The molecule has 4 nitrogen and oxygen atoms in total. The van der Waals surface area contributed by atoms with Gasteiger partial charge in [0.2, 0.25) is 5.78 Å². The van der Waals surface area contributed by atoms with Crippen molar-refractivity contribution in [3.63, 3.8) is 0 Å². The lowest BCUT2D eigenvalue weighted by atomic mass is 10.1. The van der Waals surface area contributed by atoms with Gasteiger partial charge in [0.1, 0.15) is 0 Å². The molecule has 2 aromatic heterocycles. The second-order valence-corrected chi connectivity index (χ2v) is 8.89. The van der Waals surface area contributed by atoms with Crippen molar-refractivity contribution in [2.24, 2.45) is 0 Å². The van der Waals surface area contributed by atoms with E-state index in [1.165, 1.54) is 11.3 Å². The van der Waals surface area contributed by atoms with Crippen LogP contribution < -0.4 is 5.32 Å². The van der Waals surface area contributed by atoms with Crippen LogP contribution in [0.5, 0.6) is 0 Å². The van der Waals surface area contributed by atoms with Gasteiger partial charge in [0.25, 0.3) is 0 Å². The zero-order valence-corrected chi connectivity index (χ0v) is 20.1. The molecule has 0 saturated carbocycles. The van der Waals surface area contributed by atoms with E-state index in [2.05, 4.69) is 99.6 Å². The topological polar surface area (TPSA) is 34.3 Å². The first-order valence-corrected chi connectivity index (χ1v) is 10.2. The highest BCUT2D eigenvalue weighted by molar-refractivity contribution is 9.10. The third-order valence-corrected chi connectivity index (χ3v) is 5.24. The SMILES string of the molecule is CC(C)(C)NCCCn1c(-c2ccc(Br)cc2)cn2c3ccccc3nc12.Cl.Cl. The van der Waals surface area contributed by atoms with E-state index in [4.69, 9.17) is 4.98 Å². The summed E-state index contributed by atoms with van der Waals surface area (Å²) in [5, 5.41) is 3.58. The molecule has 4 rings (SSSR count). The molecule has 0 radical (unpaired) electrons. The summed E-state index contributed by atoms with van der Waals surface area (Å²) in [6.07, 6.45) is 3.26.